The highest BCUT2D eigenvalue weighted by molar-refractivity contribution is 7.99. The number of amides is 1. The van der Waals surface area contributed by atoms with Crippen LogP contribution in [-0.4, -0.2) is 56.7 Å². The van der Waals surface area contributed by atoms with Crippen LogP contribution in [0.5, 0.6) is 0 Å². The second-order valence-corrected chi connectivity index (χ2v) is 5.77. The van der Waals surface area contributed by atoms with E-state index >= 15 is 0 Å². The number of hydrogen-bond donors (Lipinski definition) is 2. The molecule has 0 aromatic heterocycles. The van der Waals surface area contributed by atoms with Gasteiger partial charge in [0, 0.05) is 11.5 Å². The van der Waals surface area contributed by atoms with E-state index in [-0.39, 0.29) is 18.1 Å². The van der Waals surface area contributed by atoms with Crippen LogP contribution in [0.1, 0.15) is 5.56 Å². The van der Waals surface area contributed by atoms with E-state index in [1.54, 1.807) is 24.3 Å². The number of thioether (sulfide) groups is 1. The van der Waals surface area contributed by atoms with E-state index in [1.807, 2.05) is 6.07 Å². The van der Waals surface area contributed by atoms with Gasteiger partial charge in [0.25, 0.3) is 0 Å². The summed E-state index contributed by atoms with van der Waals surface area (Å²) < 4.78 is 5.08. The number of aliphatic carboxylic acids is 2. The number of carboxylic acids is 2. The summed E-state index contributed by atoms with van der Waals surface area (Å²) in [5.41, 5.74) is 0.737. The predicted molar refractivity (Wildman–Crippen MR) is 78.6 cm³/mol. The zero-order valence-electron chi connectivity index (χ0n) is 11.5. The van der Waals surface area contributed by atoms with Gasteiger partial charge in [-0.15, -0.1) is 0 Å². The van der Waals surface area contributed by atoms with Crippen LogP contribution in [0.2, 0.25) is 0 Å². The molecule has 0 spiro atoms. The molecular weight excluding hydrogens is 310 g/mol. The molecule has 1 heterocycles. The van der Waals surface area contributed by atoms with Gasteiger partial charge in [-0.1, -0.05) is 30.3 Å². The third kappa shape index (κ3) is 3.70. The number of carboxylic acid groups (broad SMARTS) is 2. The van der Waals surface area contributed by atoms with Gasteiger partial charge in [-0.05, 0) is 5.56 Å². The number of hydrogen-bond acceptors (Lipinski definition) is 5. The number of rotatable bonds is 4. The van der Waals surface area contributed by atoms with Gasteiger partial charge in [-0.2, -0.15) is 11.8 Å². The number of carbonyl (C=O) groups is 3. The molecular formula is C14H15NO6S. The molecule has 1 aromatic rings. The number of carbonyl (C=O) groups excluding carboxylic acids is 1. The fraction of sp³-hybridized carbons (Fsp3) is 0.357. The maximum Gasteiger partial charge on any atom is 0.411 e. The number of nitrogens with zero attached hydrogens (tertiary/aromatic N) is 1. The average Bonchev–Trinajstić information content (AvgIpc) is 2.52. The van der Waals surface area contributed by atoms with Crippen molar-refractivity contribution in [3.05, 3.63) is 35.9 Å². The van der Waals surface area contributed by atoms with Crippen molar-refractivity contribution in [1.82, 2.24) is 4.90 Å². The Bertz CT molecular complexity index is 542. The topological polar surface area (TPSA) is 104 Å². The Balaban J connectivity index is 2.11. The normalized spacial score (nSPS) is 21.2. The lowest BCUT2D eigenvalue weighted by Gasteiger charge is -2.36. The van der Waals surface area contributed by atoms with E-state index in [1.165, 1.54) is 11.8 Å². The molecule has 2 unspecified atom stereocenters. The largest absolute Gasteiger partial charge is 0.480 e. The quantitative estimate of drug-likeness (QED) is 0.859. The smallest absolute Gasteiger partial charge is 0.411 e. The monoisotopic (exact) mass is 325 g/mol. The van der Waals surface area contributed by atoms with Crippen LogP contribution in [0.4, 0.5) is 4.79 Å². The average molecular weight is 325 g/mol. The SMILES string of the molecule is O=C(O)C1CSCC(C(=O)O)N1C(=O)OCc1ccccc1. The van der Waals surface area contributed by atoms with Gasteiger partial charge in [0.15, 0.2) is 0 Å². The molecule has 0 bridgehead atoms. The molecule has 22 heavy (non-hydrogen) atoms. The Hall–Kier alpha value is -2.22. The van der Waals surface area contributed by atoms with Gasteiger partial charge >= 0.3 is 18.0 Å². The maximum absolute atomic E-state index is 12.2. The van der Waals surface area contributed by atoms with Crippen molar-refractivity contribution in [3.8, 4) is 0 Å². The van der Waals surface area contributed by atoms with E-state index in [9.17, 15) is 24.6 Å². The summed E-state index contributed by atoms with van der Waals surface area (Å²) in [5, 5.41) is 18.4. The van der Waals surface area contributed by atoms with Crippen LogP contribution < -0.4 is 0 Å². The van der Waals surface area contributed by atoms with Gasteiger partial charge in [0.2, 0.25) is 0 Å². The standard InChI is InChI=1S/C14H15NO6S/c16-12(17)10-7-22-8-11(13(18)19)15(10)14(20)21-6-9-4-2-1-3-5-9/h1-5,10-11H,6-8H2,(H,16,17)(H,18,19). The van der Waals surface area contributed by atoms with Crippen molar-refractivity contribution in [2.45, 2.75) is 18.7 Å². The molecule has 2 rings (SSSR count). The molecule has 1 aromatic carbocycles. The lowest BCUT2D eigenvalue weighted by Crippen LogP contribution is -2.58. The number of ether oxygens (including phenoxy) is 1. The summed E-state index contributed by atoms with van der Waals surface area (Å²) in [6.45, 7) is -0.0397. The first kappa shape index (κ1) is 16.2. The predicted octanol–water partition coefficient (Wildman–Crippen LogP) is 1.28. The number of benzene rings is 1. The van der Waals surface area contributed by atoms with Crippen molar-refractivity contribution in [2.24, 2.45) is 0 Å². The second-order valence-electron chi connectivity index (χ2n) is 4.69. The highest BCUT2D eigenvalue weighted by Crippen LogP contribution is 2.24. The molecule has 0 radical (unpaired) electrons. The van der Waals surface area contributed by atoms with Gasteiger partial charge in [-0.25, -0.2) is 14.4 Å². The molecule has 1 fully saturated rings. The van der Waals surface area contributed by atoms with E-state index in [2.05, 4.69) is 0 Å². The summed E-state index contributed by atoms with van der Waals surface area (Å²) in [5.74, 6) is -2.20. The van der Waals surface area contributed by atoms with Crippen molar-refractivity contribution >= 4 is 29.8 Å². The fourth-order valence-corrected chi connectivity index (χ4v) is 3.29. The van der Waals surface area contributed by atoms with Crippen molar-refractivity contribution in [3.63, 3.8) is 0 Å². The zero-order chi connectivity index (χ0) is 16.1. The van der Waals surface area contributed by atoms with Crippen LogP contribution in [0.25, 0.3) is 0 Å². The molecule has 0 aliphatic carbocycles. The highest BCUT2D eigenvalue weighted by Gasteiger charge is 2.43. The van der Waals surface area contributed by atoms with Crippen LogP contribution in [0, 0.1) is 0 Å². The third-order valence-corrected chi connectivity index (χ3v) is 4.31. The maximum atomic E-state index is 12.2. The van der Waals surface area contributed by atoms with Crippen LogP contribution >= 0.6 is 11.8 Å². The highest BCUT2D eigenvalue weighted by atomic mass is 32.2. The van der Waals surface area contributed by atoms with Crippen molar-refractivity contribution < 1.29 is 29.3 Å². The van der Waals surface area contributed by atoms with E-state index in [0.717, 1.165) is 10.5 Å². The first-order valence-corrected chi connectivity index (χ1v) is 7.68. The fourth-order valence-electron chi connectivity index (χ4n) is 2.10. The summed E-state index contributed by atoms with van der Waals surface area (Å²) in [7, 11) is 0. The molecule has 0 saturated carbocycles. The van der Waals surface area contributed by atoms with Crippen LogP contribution in [0.15, 0.2) is 30.3 Å². The Morgan fingerprint density at radius 2 is 1.64 bits per heavy atom. The van der Waals surface area contributed by atoms with Crippen LogP contribution in [0.3, 0.4) is 0 Å². The van der Waals surface area contributed by atoms with Gasteiger partial charge in [-0.3, -0.25) is 4.90 Å². The van der Waals surface area contributed by atoms with Gasteiger partial charge < -0.3 is 14.9 Å². The molecule has 2 N–H and O–H groups in total. The Morgan fingerprint density at radius 1 is 1.09 bits per heavy atom. The Morgan fingerprint density at radius 3 is 2.14 bits per heavy atom. The molecule has 8 heteroatoms. The summed E-state index contributed by atoms with van der Waals surface area (Å²) >= 11 is 1.19. The van der Waals surface area contributed by atoms with Crippen LogP contribution in [-0.2, 0) is 20.9 Å². The first-order chi connectivity index (χ1) is 10.5. The molecule has 118 valence electrons. The minimum Gasteiger partial charge on any atom is -0.480 e. The summed E-state index contributed by atoms with van der Waals surface area (Å²) in [4.78, 5) is 35.5. The zero-order valence-corrected chi connectivity index (χ0v) is 12.4. The minimum absolute atomic E-state index is 0.0397. The Labute approximate surface area is 130 Å². The molecule has 1 amide bonds. The van der Waals surface area contributed by atoms with E-state index < -0.39 is 30.1 Å². The van der Waals surface area contributed by atoms with Crippen molar-refractivity contribution in [1.29, 1.82) is 0 Å². The summed E-state index contributed by atoms with van der Waals surface area (Å²) in [6.07, 6.45) is -0.927. The van der Waals surface area contributed by atoms with Crippen molar-refractivity contribution in [2.75, 3.05) is 11.5 Å². The Kier molecular flexibility index (Phi) is 5.26. The lowest BCUT2D eigenvalue weighted by molar-refractivity contribution is -0.148. The third-order valence-electron chi connectivity index (χ3n) is 3.21. The summed E-state index contributed by atoms with van der Waals surface area (Å²) in [6, 6.07) is 6.47. The van der Waals surface area contributed by atoms with E-state index in [4.69, 9.17) is 4.74 Å². The molecule has 1 aliphatic heterocycles. The first-order valence-electron chi connectivity index (χ1n) is 6.53. The molecule has 7 nitrogen and oxygen atoms in total. The van der Waals surface area contributed by atoms with Gasteiger partial charge in [0.05, 0.1) is 0 Å². The second kappa shape index (κ2) is 7.17. The van der Waals surface area contributed by atoms with Gasteiger partial charge in [0.1, 0.15) is 18.7 Å². The molecule has 1 saturated heterocycles. The lowest BCUT2D eigenvalue weighted by atomic mass is 10.2. The molecule has 2 atom stereocenters. The molecule has 1 aliphatic rings. The van der Waals surface area contributed by atoms with E-state index in [0.29, 0.717) is 0 Å². The minimum atomic E-state index is -1.24.